The molecule has 1 atom stereocenters. The number of methoxy groups -OCH3 is 2. The number of hydrogen-bond donors (Lipinski definition) is 1. The van der Waals surface area contributed by atoms with Crippen molar-refractivity contribution in [3.63, 3.8) is 0 Å². The summed E-state index contributed by atoms with van der Waals surface area (Å²) in [5.74, 6) is 1.28. The van der Waals surface area contributed by atoms with Gasteiger partial charge in [0, 0.05) is 10.6 Å². The molecular weight excluding hydrogens is 346 g/mol. The molecular formula is C21H21NO3S. The molecule has 0 aromatic heterocycles. The van der Waals surface area contributed by atoms with E-state index in [1.807, 2.05) is 61.5 Å². The van der Waals surface area contributed by atoms with Crippen LogP contribution in [0.2, 0.25) is 0 Å². The average Bonchev–Trinajstić information content (AvgIpc) is 2.67. The molecule has 3 rings (SSSR count). The van der Waals surface area contributed by atoms with E-state index in [1.54, 1.807) is 14.2 Å². The number of carbonyl (C=O) groups excluding carboxylic acids is 1. The van der Waals surface area contributed by atoms with Crippen LogP contribution >= 0.6 is 11.8 Å². The van der Waals surface area contributed by atoms with E-state index in [0.29, 0.717) is 11.5 Å². The number of amides is 1. The molecule has 0 aliphatic carbocycles. The van der Waals surface area contributed by atoms with E-state index in [-0.39, 0.29) is 11.2 Å². The minimum absolute atomic E-state index is 0.0416. The quantitative estimate of drug-likeness (QED) is 0.625. The minimum Gasteiger partial charge on any atom is -0.493 e. The second kappa shape index (κ2) is 8.15. The highest BCUT2D eigenvalue weighted by atomic mass is 32.2. The molecule has 0 unspecified atom stereocenters. The third kappa shape index (κ3) is 4.11. The summed E-state index contributed by atoms with van der Waals surface area (Å²) in [6.45, 7) is 1.89. The lowest BCUT2D eigenvalue weighted by molar-refractivity contribution is -0.115. The van der Waals surface area contributed by atoms with Crippen LogP contribution in [-0.4, -0.2) is 25.4 Å². The lowest BCUT2D eigenvalue weighted by atomic mass is 10.1. The van der Waals surface area contributed by atoms with E-state index in [1.165, 1.54) is 11.8 Å². The number of carbonyl (C=O) groups is 1. The van der Waals surface area contributed by atoms with E-state index in [9.17, 15) is 4.79 Å². The summed E-state index contributed by atoms with van der Waals surface area (Å²) >= 11 is 1.48. The van der Waals surface area contributed by atoms with Crippen LogP contribution in [0, 0.1) is 0 Å². The number of thioether (sulfide) groups is 1. The summed E-state index contributed by atoms with van der Waals surface area (Å²) in [6.07, 6.45) is 0. The summed E-state index contributed by atoms with van der Waals surface area (Å²) < 4.78 is 10.6. The number of hydrogen-bond acceptors (Lipinski definition) is 4. The first-order chi connectivity index (χ1) is 12.6. The van der Waals surface area contributed by atoms with E-state index in [0.717, 1.165) is 21.4 Å². The average molecular weight is 367 g/mol. The normalized spacial score (nSPS) is 11.8. The van der Waals surface area contributed by atoms with Gasteiger partial charge in [-0.05, 0) is 48.0 Å². The van der Waals surface area contributed by atoms with Crippen LogP contribution in [0.3, 0.4) is 0 Å². The lowest BCUT2D eigenvalue weighted by Gasteiger charge is -2.14. The Hall–Kier alpha value is -2.66. The van der Waals surface area contributed by atoms with Gasteiger partial charge >= 0.3 is 0 Å². The standard InChI is InChI=1S/C21H21NO3S/c1-14(26-18-10-11-19(24-2)20(13-18)25-3)21(23)22-17-9-8-15-6-4-5-7-16(15)12-17/h4-14H,1-3H3,(H,22,23)/t14-/m0/s1. The largest absolute Gasteiger partial charge is 0.493 e. The van der Waals surface area contributed by atoms with Crippen molar-refractivity contribution >= 4 is 34.1 Å². The smallest absolute Gasteiger partial charge is 0.237 e. The number of benzene rings is 3. The van der Waals surface area contributed by atoms with Gasteiger partial charge in [0.25, 0.3) is 0 Å². The van der Waals surface area contributed by atoms with E-state index < -0.39 is 0 Å². The Morgan fingerprint density at radius 2 is 1.65 bits per heavy atom. The Bertz CT molecular complexity index is 926. The van der Waals surface area contributed by atoms with E-state index in [4.69, 9.17) is 9.47 Å². The minimum atomic E-state index is -0.250. The molecule has 0 radical (unpaired) electrons. The van der Waals surface area contributed by atoms with Gasteiger partial charge in [0.15, 0.2) is 11.5 Å². The molecule has 0 saturated heterocycles. The fourth-order valence-corrected chi connectivity index (χ4v) is 3.55. The molecule has 4 nitrogen and oxygen atoms in total. The molecule has 0 bridgehead atoms. The molecule has 5 heteroatoms. The van der Waals surface area contributed by atoms with Gasteiger partial charge in [-0.15, -0.1) is 11.8 Å². The van der Waals surface area contributed by atoms with E-state index in [2.05, 4.69) is 11.4 Å². The predicted octanol–water partition coefficient (Wildman–Crippen LogP) is 4.98. The summed E-state index contributed by atoms with van der Waals surface area (Å²) in [4.78, 5) is 13.5. The summed E-state index contributed by atoms with van der Waals surface area (Å²) in [6, 6.07) is 19.6. The van der Waals surface area contributed by atoms with Gasteiger partial charge < -0.3 is 14.8 Å². The fourth-order valence-electron chi connectivity index (χ4n) is 2.66. The van der Waals surface area contributed by atoms with Gasteiger partial charge in [0.05, 0.1) is 19.5 Å². The Balaban J connectivity index is 1.69. The van der Waals surface area contributed by atoms with Crippen LogP contribution < -0.4 is 14.8 Å². The SMILES string of the molecule is COc1ccc(S[C@@H](C)C(=O)Nc2ccc3ccccc3c2)cc1OC. The number of nitrogens with one attached hydrogen (secondary N) is 1. The van der Waals surface area contributed by atoms with Crippen LogP contribution in [0.5, 0.6) is 11.5 Å². The molecule has 134 valence electrons. The highest BCUT2D eigenvalue weighted by molar-refractivity contribution is 8.00. The molecule has 0 aliphatic heterocycles. The van der Waals surface area contributed by atoms with Gasteiger partial charge in [0.1, 0.15) is 0 Å². The number of anilines is 1. The first-order valence-corrected chi connectivity index (χ1v) is 9.17. The van der Waals surface area contributed by atoms with Crippen molar-refractivity contribution in [3.05, 3.63) is 60.7 Å². The number of rotatable bonds is 6. The molecule has 1 N–H and O–H groups in total. The van der Waals surface area contributed by atoms with Crippen molar-refractivity contribution in [2.45, 2.75) is 17.1 Å². The van der Waals surface area contributed by atoms with Gasteiger partial charge in [0.2, 0.25) is 5.91 Å². The fraction of sp³-hybridized carbons (Fsp3) is 0.190. The highest BCUT2D eigenvalue weighted by Crippen LogP contribution is 2.33. The number of fused-ring (bicyclic) bond motifs is 1. The van der Waals surface area contributed by atoms with Crippen molar-refractivity contribution < 1.29 is 14.3 Å². The molecule has 0 spiro atoms. The maximum Gasteiger partial charge on any atom is 0.237 e. The molecule has 26 heavy (non-hydrogen) atoms. The van der Waals surface area contributed by atoms with Crippen molar-refractivity contribution in [1.82, 2.24) is 0 Å². The molecule has 0 aliphatic rings. The van der Waals surface area contributed by atoms with E-state index >= 15 is 0 Å². The second-order valence-corrected chi connectivity index (χ2v) is 7.24. The van der Waals surface area contributed by atoms with Crippen molar-refractivity contribution in [2.75, 3.05) is 19.5 Å². The Labute approximate surface area is 157 Å². The van der Waals surface area contributed by atoms with Crippen LogP contribution in [0.1, 0.15) is 6.92 Å². The predicted molar refractivity (Wildman–Crippen MR) is 107 cm³/mol. The Morgan fingerprint density at radius 3 is 2.38 bits per heavy atom. The zero-order chi connectivity index (χ0) is 18.5. The van der Waals surface area contributed by atoms with Gasteiger partial charge in [-0.3, -0.25) is 4.79 Å². The summed E-state index contributed by atoms with van der Waals surface area (Å²) in [5, 5.41) is 4.99. The zero-order valence-electron chi connectivity index (χ0n) is 15.0. The molecule has 3 aromatic rings. The highest BCUT2D eigenvalue weighted by Gasteiger charge is 2.16. The van der Waals surface area contributed by atoms with Crippen LogP contribution in [0.25, 0.3) is 10.8 Å². The van der Waals surface area contributed by atoms with Gasteiger partial charge in [-0.2, -0.15) is 0 Å². The first-order valence-electron chi connectivity index (χ1n) is 8.29. The Kier molecular flexibility index (Phi) is 5.68. The second-order valence-electron chi connectivity index (χ2n) is 5.83. The molecule has 1 amide bonds. The maximum atomic E-state index is 12.5. The summed E-state index contributed by atoms with van der Waals surface area (Å²) in [7, 11) is 3.20. The van der Waals surface area contributed by atoms with Crippen LogP contribution in [0.4, 0.5) is 5.69 Å². The molecule has 0 heterocycles. The third-order valence-corrected chi connectivity index (χ3v) is 5.15. The zero-order valence-corrected chi connectivity index (χ0v) is 15.8. The van der Waals surface area contributed by atoms with Crippen molar-refractivity contribution in [3.8, 4) is 11.5 Å². The van der Waals surface area contributed by atoms with Gasteiger partial charge in [-0.1, -0.05) is 30.3 Å². The molecule has 3 aromatic carbocycles. The van der Waals surface area contributed by atoms with Crippen molar-refractivity contribution in [1.29, 1.82) is 0 Å². The third-order valence-electron chi connectivity index (χ3n) is 4.05. The van der Waals surface area contributed by atoms with Crippen LogP contribution in [0.15, 0.2) is 65.6 Å². The first kappa shape index (κ1) is 18.1. The monoisotopic (exact) mass is 367 g/mol. The van der Waals surface area contributed by atoms with Crippen LogP contribution in [-0.2, 0) is 4.79 Å². The number of ether oxygens (including phenoxy) is 2. The maximum absolute atomic E-state index is 12.5. The Morgan fingerprint density at radius 1 is 0.923 bits per heavy atom. The molecule has 0 saturated carbocycles. The van der Waals surface area contributed by atoms with Gasteiger partial charge in [-0.25, -0.2) is 0 Å². The van der Waals surface area contributed by atoms with Crippen molar-refractivity contribution in [2.24, 2.45) is 0 Å². The lowest BCUT2D eigenvalue weighted by Crippen LogP contribution is -2.22. The topological polar surface area (TPSA) is 47.6 Å². The summed E-state index contributed by atoms with van der Waals surface area (Å²) in [5.41, 5.74) is 0.800. The molecule has 0 fully saturated rings.